The van der Waals surface area contributed by atoms with Crippen LogP contribution >= 0.6 is 22.7 Å². The Balaban J connectivity index is 1.54. The maximum absolute atomic E-state index is 13.0. The minimum absolute atomic E-state index is 0.129. The molecule has 0 saturated carbocycles. The number of aliphatic carboxylic acids is 1. The molecule has 0 fully saturated rings. The first-order valence-electron chi connectivity index (χ1n) is 12.4. The van der Waals surface area contributed by atoms with Crippen LogP contribution in [0.2, 0.25) is 0 Å². The predicted octanol–water partition coefficient (Wildman–Crippen LogP) is 4.89. The first-order chi connectivity index (χ1) is 17.8. The number of carbonyl (C=O) groups excluding carboxylic acids is 2. The largest absolute Gasteiger partial charge is 0.550 e. The number of hydrogen-bond donors (Lipinski definition) is 2. The number of nitrogens with zero attached hydrogens (tertiary/aromatic N) is 1. The topological polar surface area (TPSA) is 128 Å². The lowest BCUT2D eigenvalue weighted by Crippen LogP contribution is -2.24. The summed E-state index contributed by atoms with van der Waals surface area (Å²) in [6, 6.07) is 10.4. The molecule has 3 aromatic rings. The molecule has 8 nitrogen and oxygen atoms in total. The van der Waals surface area contributed by atoms with Gasteiger partial charge >= 0.3 is 0 Å². The number of amides is 1. The zero-order valence-corrected chi connectivity index (χ0v) is 23.3. The molecule has 0 atom stereocenters. The summed E-state index contributed by atoms with van der Waals surface area (Å²) in [4.78, 5) is 28.9. The number of thiazole rings is 1. The maximum atomic E-state index is 13.0. The van der Waals surface area contributed by atoms with E-state index in [1.807, 2.05) is 6.07 Å². The summed E-state index contributed by atoms with van der Waals surface area (Å²) in [6.07, 6.45) is 7.11. The summed E-state index contributed by atoms with van der Waals surface area (Å²) >= 11 is 2.43. The van der Waals surface area contributed by atoms with Gasteiger partial charge < -0.3 is 15.2 Å². The van der Waals surface area contributed by atoms with Crippen LogP contribution in [0.1, 0.15) is 72.1 Å². The SMILES string of the molecule is CCCCCCCCCS(=O)(=O)c1ccccc1NCc1ccc(C(=O)Nc2nc(CC(=O)[O-])cs2)s1. The normalized spacial score (nSPS) is 11.4. The number of aromatic nitrogens is 1. The van der Waals surface area contributed by atoms with E-state index in [2.05, 4.69) is 22.5 Å². The zero-order valence-electron chi connectivity index (χ0n) is 20.8. The van der Waals surface area contributed by atoms with E-state index in [9.17, 15) is 23.1 Å². The van der Waals surface area contributed by atoms with Crippen molar-refractivity contribution in [2.75, 3.05) is 16.4 Å². The smallest absolute Gasteiger partial charge is 0.267 e. The maximum Gasteiger partial charge on any atom is 0.267 e. The summed E-state index contributed by atoms with van der Waals surface area (Å²) in [6.45, 7) is 2.55. The van der Waals surface area contributed by atoms with Gasteiger partial charge in [-0.3, -0.25) is 10.1 Å². The molecule has 0 aliphatic carbocycles. The number of hydrogen-bond acceptors (Lipinski definition) is 9. The predicted molar refractivity (Wildman–Crippen MR) is 147 cm³/mol. The fourth-order valence-corrected chi connectivity index (χ4v) is 6.89. The fraction of sp³-hybridized carbons (Fsp3) is 0.423. The van der Waals surface area contributed by atoms with Crippen molar-refractivity contribution in [2.24, 2.45) is 0 Å². The molecule has 11 heteroatoms. The molecule has 1 aromatic carbocycles. The third-order valence-electron chi connectivity index (χ3n) is 5.67. The lowest BCUT2D eigenvalue weighted by molar-refractivity contribution is -0.304. The Bertz CT molecular complexity index is 1280. The van der Waals surface area contributed by atoms with Crippen LogP contribution in [-0.2, 0) is 27.6 Å². The Morgan fingerprint density at radius 2 is 1.73 bits per heavy atom. The molecule has 0 spiro atoms. The standard InChI is InChI=1S/C26H33N3O5S3/c1-2-3-4-5-6-7-10-15-37(33,34)23-12-9-8-11-21(23)27-17-20-13-14-22(36-20)25(32)29-26-28-19(18-35-26)16-24(30)31/h8-9,11-14,18,27H,2-7,10,15-17H2,1H3,(H,30,31)(H,28,29,32)/p-1. The Morgan fingerprint density at radius 1 is 1.00 bits per heavy atom. The van der Waals surface area contributed by atoms with Crippen molar-refractivity contribution >= 4 is 55.2 Å². The van der Waals surface area contributed by atoms with Crippen LogP contribution in [0, 0.1) is 0 Å². The Hall–Kier alpha value is -2.76. The molecular formula is C26H32N3O5S3-. The Labute approximate surface area is 226 Å². The average molecular weight is 563 g/mol. The first kappa shape index (κ1) is 28.8. The van der Waals surface area contributed by atoms with Crippen molar-refractivity contribution in [1.29, 1.82) is 0 Å². The van der Waals surface area contributed by atoms with Crippen LogP contribution in [0.3, 0.4) is 0 Å². The van der Waals surface area contributed by atoms with Gasteiger partial charge in [0.25, 0.3) is 5.91 Å². The van der Waals surface area contributed by atoms with Crippen molar-refractivity contribution < 1.29 is 23.1 Å². The number of rotatable bonds is 16. The summed E-state index contributed by atoms with van der Waals surface area (Å²) < 4.78 is 26.0. The molecule has 0 bridgehead atoms. The number of carbonyl (C=O) groups is 2. The molecule has 0 aliphatic heterocycles. The number of nitrogens with one attached hydrogen (secondary N) is 2. The minimum Gasteiger partial charge on any atom is -0.550 e. The molecule has 0 saturated heterocycles. The van der Waals surface area contributed by atoms with Gasteiger partial charge in [0, 0.05) is 29.2 Å². The van der Waals surface area contributed by atoms with Crippen molar-refractivity contribution in [3.05, 3.63) is 57.2 Å². The van der Waals surface area contributed by atoms with Gasteiger partial charge in [0.05, 0.1) is 26.9 Å². The van der Waals surface area contributed by atoms with E-state index in [1.54, 1.807) is 35.7 Å². The van der Waals surface area contributed by atoms with Crippen LogP contribution in [-0.4, -0.2) is 31.0 Å². The molecule has 2 heterocycles. The van der Waals surface area contributed by atoms with E-state index in [4.69, 9.17) is 0 Å². The second kappa shape index (κ2) is 14.3. The third kappa shape index (κ3) is 9.24. The molecule has 2 aromatic heterocycles. The molecule has 3 rings (SSSR count). The molecule has 200 valence electrons. The van der Waals surface area contributed by atoms with Gasteiger partial charge in [-0.2, -0.15) is 0 Å². The number of anilines is 2. The van der Waals surface area contributed by atoms with Crippen LogP contribution in [0.5, 0.6) is 0 Å². The Kier molecular flexibility index (Phi) is 11.1. The molecule has 2 N–H and O–H groups in total. The van der Waals surface area contributed by atoms with Crippen molar-refractivity contribution in [3.8, 4) is 0 Å². The number of unbranched alkanes of at least 4 members (excludes halogenated alkanes) is 6. The lowest BCUT2D eigenvalue weighted by Gasteiger charge is -2.12. The van der Waals surface area contributed by atoms with Crippen LogP contribution in [0.15, 0.2) is 46.7 Å². The number of sulfone groups is 1. The van der Waals surface area contributed by atoms with Crippen LogP contribution in [0.4, 0.5) is 10.8 Å². The molecule has 0 radical (unpaired) electrons. The monoisotopic (exact) mass is 562 g/mol. The van der Waals surface area contributed by atoms with Gasteiger partial charge in [0.2, 0.25) is 0 Å². The second-order valence-electron chi connectivity index (χ2n) is 8.70. The summed E-state index contributed by atoms with van der Waals surface area (Å²) in [5, 5.41) is 18.5. The quantitative estimate of drug-likeness (QED) is 0.238. The van der Waals surface area contributed by atoms with E-state index in [1.165, 1.54) is 30.6 Å². The van der Waals surface area contributed by atoms with E-state index in [0.29, 0.717) is 39.3 Å². The lowest BCUT2D eigenvalue weighted by atomic mass is 10.1. The van der Waals surface area contributed by atoms with Gasteiger partial charge in [0.15, 0.2) is 15.0 Å². The summed E-state index contributed by atoms with van der Waals surface area (Å²) in [7, 11) is -3.41. The highest BCUT2D eigenvalue weighted by molar-refractivity contribution is 7.91. The zero-order chi connectivity index (χ0) is 26.7. The number of carboxylic acid groups (broad SMARTS) is 1. The van der Waals surface area contributed by atoms with Crippen LogP contribution in [0.25, 0.3) is 0 Å². The molecular weight excluding hydrogens is 531 g/mol. The highest BCUT2D eigenvalue weighted by Gasteiger charge is 2.18. The van der Waals surface area contributed by atoms with Crippen molar-refractivity contribution in [2.45, 2.75) is 69.7 Å². The van der Waals surface area contributed by atoms with Crippen molar-refractivity contribution in [3.63, 3.8) is 0 Å². The van der Waals surface area contributed by atoms with Crippen molar-refractivity contribution in [1.82, 2.24) is 4.98 Å². The van der Waals surface area contributed by atoms with Gasteiger partial charge in [-0.25, -0.2) is 13.4 Å². The summed E-state index contributed by atoms with van der Waals surface area (Å²) in [5.74, 6) is -1.45. The number of benzene rings is 1. The second-order valence-corrected chi connectivity index (χ2v) is 12.8. The molecule has 37 heavy (non-hydrogen) atoms. The van der Waals surface area contributed by atoms with E-state index >= 15 is 0 Å². The first-order valence-corrected chi connectivity index (χ1v) is 15.7. The highest BCUT2D eigenvalue weighted by atomic mass is 32.2. The van der Waals surface area contributed by atoms with Crippen LogP contribution < -0.4 is 15.7 Å². The van der Waals surface area contributed by atoms with E-state index in [-0.39, 0.29) is 18.1 Å². The average Bonchev–Trinajstić information content (AvgIpc) is 3.51. The third-order valence-corrected chi connectivity index (χ3v) is 9.42. The number of para-hydroxylation sites is 1. The van der Waals surface area contributed by atoms with Gasteiger partial charge in [-0.15, -0.1) is 22.7 Å². The fourth-order valence-electron chi connectivity index (χ4n) is 3.77. The minimum atomic E-state index is -3.41. The van der Waals surface area contributed by atoms with E-state index in [0.717, 1.165) is 35.5 Å². The van der Waals surface area contributed by atoms with Gasteiger partial charge in [0.1, 0.15) is 0 Å². The Morgan fingerprint density at radius 3 is 2.49 bits per heavy atom. The number of thiophene rings is 1. The molecule has 0 unspecified atom stereocenters. The molecule has 1 amide bonds. The highest BCUT2D eigenvalue weighted by Crippen LogP contribution is 2.26. The molecule has 0 aliphatic rings. The van der Waals surface area contributed by atoms with E-state index < -0.39 is 15.8 Å². The van der Waals surface area contributed by atoms with Gasteiger partial charge in [-0.1, -0.05) is 57.6 Å². The number of carboxylic acids is 1. The van der Waals surface area contributed by atoms with Gasteiger partial charge in [-0.05, 0) is 30.7 Å². The summed E-state index contributed by atoms with van der Waals surface area (Å²) in [5.41, 5.74) is 0.880.